The van der Waals surface area contributed by atoms with Gasteiger partial charge in [0.1, 0.15) is 0 Å². The molecule has 0 aliphatic heterocycles. The number of halogens is 1. The zero-order chi connectivity index (χ0) is 13.3. The van der Waals surface area contributed by atoms with Crippen LogP contribution in [0.3, 0.4) is 0 Å². The molecule has 0 aliphatic rings. The van der Waals surface area contributed by atoms with E-state index in [-0.39, 0.29) is 0 Å². The second-order valence-electron chi connectivity index (χ2n) is 5.02. The van der Waals surface area contributed by atoms with Gasteiger partial charge in [0.25, 0.3) is 0 Å². The van der Waals surface area contributed by atoms with Crippen LogP contribution >= 0.6 is 0 Å². The van der Waals surface area contributed by atoms with Gasteiger partial charge in [-0.1, -0.05) is 11.5 Å². The first-order valence-corrected chi connectivity index (χ1v) is 5.35. The molecule has 2 N–H and O–H groups in total. The Morgan fingerprint density at radius 2 is 1.82 bits per heavy atom. The fraction of sp³-hybridized carbons (Fsp3) is 0.500. The van der Waals surface area contributed by atoms with E-state index in [0.717, 1.165) is 6.07 Å². The lowest BCUT2D eigenvalue weighted by Gasteiger charge is -2.37. The Kier molecular flexibility index (Phi) is 3.84. The van der Waals surface area contributed by atoms with Crippen molar-refractivity contribution in [2.24, 2.45) is 0 Å². The summed E-state index contributed by atoms with van der Waals surface area (Å²) in [6, 6.07) is 3.94. The number of benzene rings is 1. The summed E-state index contributed by atoms with van der Waals surface area (Å²) in [5, 5.41) is 18.9. The highest BCUT2D eigenvalue weighted by molar-refractivity contribution is 6.47. The van der Waals surface area contributed by atoms with Gasteiger partial charge in [-0.3, -0.25) is 0 Å². The second-order valence-corrected chi connectivity index (χ2v) is 5.02. The molecule has 0 fully saturated rings. The van der Waals surface area contributed by atoms with Gasteiger partial charge in [0.15, 0.2) is 11.6 Å². The third kappa shape index (κ3) is 3.44. The minimum Gasteiger partial charge on any atom is -0.505 e. The van der Waals surface area contributed by atoms with Crippen LogP contribution in [0.15, 0.2) is 18.2 Å². The van der Waals surface area contributed by atoms with E-state index in [4.69, 9.17) is 9.76 Å². The fourth-order valence-electron chi connectivity index (χ4n) is 0.956. The Labute approximate surface area is 102 Å². The van der Waals surface area contributed by atoms with Crippen molar-refractivity contribution in [3.63, 3.8) is 0 Å². The van der Waals surface area contributed by atoms with Crippen LogP contribution in [0, 0.1) is 5.82 Å². The number of aromatic hydroxyl groups is 1. The first-order valence-electron chi connectivity index (χ1n) is 5.35. The maximum atomic E-state index is 13.1. The number of rotatable bonds is 4. The van der Waals surface area contributed by atoms with E-state index in [0.29, 0.717) is 5.46 Å². The second kappa shape index (κ2) is 4.66. The number of aliphatic hydroxyl groups is 1. The smallest absolute Gasteiger partial charge is 0.331 e. The topological polar surface area (TPSA) is 49.7 Å². The van der Waals surface area contributed by atoms with Crippen LogP contribution in [0.1, 0.15) is 27.7 Å². The van der Waals surface area contributed by atoms with Crippen molar-refractivity contribution in [2.45, 2.75) is 38.9 Å². The fourth-order valence-corrected chi connectivity index (χ4v) is 0.956. The van der Waals surface area contributed by atoms with Crippen molar-refractivity contribution < 1.29 is 19.3 Å². The molecule has 3 nitrogen and oxygen atoms in total. The Morgan fingerprint density at radius 1 is 1.24 bits per heavy atom. The lowest BCUT2D eigenvalue weighted by Crippen LogP contribution is -2.49. The third-order valence-corrected chi connectivity index (χ3v) is 2.93. The van der Waals surface area contributed by atoms with Gasteiger partial charge in [-0.05, 0) is 39.8 Å². The van der Waals surface area contributed by atoms with Gasteiger partial charge in [0.05, 0.1) is 11.2 Å². The van der Waals surface area contributed by atoms with E-state index in [1.165, 1.54) is 19.6 Å². The highest BCUT2D eigenvalue weighted by atomic mass is 19.1. The van der Waals surface area contributed by atoms with Gasteiger partial charge in [0, 0.05) is 0 Å². The van der Waals surface area contributed by atoms with Gasteiger partial charge in [0.2, 0.25) is 0 Å². The first-order chi connectivity index (χ1) is 7.63. The normalized spacial score (nSPS) is 12.6. The minimum atomic E-state index is -1.03. The molecule has 0 aromatic heterocycles. The standard InChI is InChI=1S/C12H17BFO3/c1-11(2,16)12(3,4)17-13-8-5-6-10(15)9(14)7-8/h5-7,15-16H,1-4H3. The van der Waals surface area contributed by atoms with E-state index in [2.05, 4.69) is 0 Å². The molecule has 0 saturated heterocycles. The number of phenolic OH excluding ortho intramolecular Hbond substituents is 1. The number of hydrogen-bond donors (Lipinski definition) is 2. The Morgan fingerprint density at radius 3 is 2.29 bits per heavy atom. The van der Waals surface area contributed by atoms with Crippen molar-refractivity contribution in [2.75, 3.05) is 0 Å². The van der Waals surface area contributed by atoms with Crippen LogP contribution in [-0.2, 0) is 4.65 Å². The maximum Gasteiger partial charge on any atom is 0.331 e. The Bertz CT molecular complexity index is 399. The Hall–Kier alpha value is -1.07. The first kappa shape index (κ1) is 14.0. The molecule has 0 aliphatic carbocycles. The monoisotopic (exact) mass is 239 g/mol. The molecule has 0 unspecified atom stereocenters. The molecule has 1 aromatic carbocycles. The number of phenols is 1. The van der Waals surface area contributed by atoms with E-state index >= 15 is 0 Å². The van der Waals surface area contributed by atoms with Crippen LogP contribution < -0.4 is 5.46 Å². The zero-order valence-electron chi connectivity index (χ0n) is 10.5. The molecule has 93 valence electrons. The van der Waals surface area contributed by atoms with Gasteiger partial charge in [-0.15, -0.1) is 0 Å². The molecule has 0 spiro atoms. The van der Waals surface area contributed by atoms with E-state index in [1.807, 2.05) is 0 Å². The van der Waals surface area contributed by atoms with E-state index in [9.17, 15) is 9.50 Å². The Balaban J connectivity index is 2.71. The summed E-state index contributed by atoms with van der Waals surface area (Å²) in [6.07, 6.45) is 0. The van der Waals surface area contributed by atoms with Crippen LogP contribution in [0.4, 0.5) is 4.39 Å². The van der Waals surface area contributed by atoms with Crippen molar-refractivity contribution in [1.29, 1.82) is 0 Å². The summed E-state index contributed by atoms with van der Waals surface area (Å²) >= 11 is 0. The summed E-state index contributed by atoms with van der Waals surface area (Å²) in [7, 11) is 1.36. The zero-order valence-corrected chi connectivity index (χ0v) is 10.5. The molecular formula is C12H17BFO3. The molecule has 1 rings (SSSR count). The minimum absolute atomic E-state index is 0.399. The van der Waals surface area contributed by atoms with Gasteiger partial charge >= 0.3 is 7.48 Å². The lowest BCUT2D eigenvalue weighted by atomic mass is 9.82. The largest absolute Gasteiger partial charge is 0.505 e. The quantitative estimate of drug-likeness (QED) is 0.779. The highest BCUT2D eigenvalue weighted by Crippen LogP contribution is 2.24. The van der Waals surface area contributed by atoms with Gasteiger partial charge < -0.3 is 14.9 Å². The van der Waals surface area contributed by atoms with Crippen LogP contribution in [0.2, 0.25) is 0 Å². The molecule has 1 aromatic rings. The lowest BCUT2D eigenvalue weighted by molar-refractivity contribution is -0.0893. The molecule has 5 heteroatoms. The molecule has 0 amide bonds. The van der Waals surface area contributed by atoms with Gasteiger partial charge in [-0.25, -0.2) is 4.39 Å². The van der Waals surface area contributed by atoms with Crippen molar-refractivity contribution in [1.82, 2.24) is 0 Å². The predicted molar refractivity (Wildman–Crippen MR) is 64.9 cm³/mol. The molecular weight excluding hydrogens is 222 g/mol. The SMILES string of the molecule is CC(C)(O)C(C)(C)O[B]c1ccc(O)c(F)c1. The average molecular weight is 239 g/mol. The van der Waals surface area contributed by atoms with E-state index < -0.39 is 22.8 Å². The number of hydrogen-bond acceptors (Lipinski definition) is 3. The summed E-state index contributed by atoms with van der Waals surface area (Å²) in [6.45, 7) is 6.75. The van der Waals surface area contributed by atoms with Gasteiger partial charge in [-0.2, -0.15) is 0 Å². The van der Waals surface area contributed by atoms with E-state index in [1.54, 1.807) is 27.7 Å². The molecule has 0 atom stereocenters. The summed E-state index contributed by atoms with van der Waals surface area (Å²) in [4.78, 5) is 0. The predicted octanol–water partition coefficient (Wildman–Crippen LogP) is 1.34. The molecule has 17 heavy (non-hydrogen) atoms. The third-order valence-electron chi connectivity index (χ3n) is 2.93. The summed E-state index contributed by atoms with van der Waals surface area (Å²) < 4.78 is 18.5. The average Bonchev–Trinajstić information content (AvgIpc) is 2.18. The highest BCUT2D eigenvalue weighted by Gasteiger charge is 2.35. The summed E-state index contributed by atoms with van der Waals surface area (Å²) in [5.41, 5.74) is -1.35. The van der Waals surface area contributed by atoms with Crippen molar-refractivity contribution in [3.05, 3.63) is 24.0 Å². The maximum absolute atomic E-state index is 13.1. The molecule has 0 heterocycles. The van der Waals surface area contributed by atoms with Crippen LogP contribution in [-0.4, -0.2) is 28.9 Å². The van der Waals surface area contributed by atoms with Crippen LogP contribution in [0.25, 0.3) is 0 Å². The molecule has 0 saturated carbocycles. The molecule has 0 bridgehead atoms. The summed E-state index contributed by atoms with van der Waals surface area (Å²) in [5.74, 6) is -1.10. The van der Waals surface area contributed by atoms with Crippen molar-refractivity contribution in [3.8, 4) is 5.75 Å². The van der Waals surface area contributed by atoms with Crippen molar-refractivity contribution >= 4 is 12.9 Å². The molecule has 1 radical (unpaired) electrons. The van der Waals surface area contributed by atoms with Crippen LogP contribution in [0.5, 0.6) is 5.75 Å².